The number of rotatable bonds is 2. The van der Waals surface area contributed by atoms with E-state index in [4.69, 9.17) is 30.6 Å². The van der Waals surface area contributed by atoms with E-state index in [0.29, 0.717) is 0 Å². The number of para-hydroxylation sites is 2. The van der Waals surface area contributed by atoms with Crippen LogP contribution in [0.5, 0.6) is 11.5 Å². The monoisotopic (exact) mass is 286 g/mol. The molecule has 20 heavy (non-hydrogen) atoms. The van der Waals surface area contributed by atoms with Gasteiger partial charge in [0.1, 0.15) is 6.10 Å². The smallest absolute Gasteiger partial charge is 0.377 e. The summed E-state index contributed by atoms with van der Waals surface area (Å²) in [5, 5.41) is 52.4. The summed E-state index contributed by atoms with van der Waals surface area (Å²) in [4.78, 5) is 10.5. The van der Waals surface area contributed by atoms with E-state index in [1.807, 2.05) is 0 Å². The number of carbonyl (C=O) groups excluding carboxylic acids is 1. The van der Waals surface area contributed by atoms with Gasteiger partial charge in [-0.1, -0.05) is 12.1 Å². The van der Waals surface area contributed by atoms with E-state index < -0.39 is 36.3 Å². The topological polar surface area (TPSA) is 148 Å². The lowest BCUT2D eigenvalue weighted by Crippen LogP contribution is -2.31. The van der Waals surface area contributed by atoms with Gasteiger partial charge in [0, 0.05) is 0 Å². The number of ether oxygens (including phenoxy) is 1. The second-order valence-corrected chi connectivity index (χ2v) is 3.80. The van der Waals surface area contributed by atoms with E-state index in [9.17, 15) is 4.79 Å². The fourth-order valence-electron chi connectivity index (χ4n) is 1.29. The molecule has 110 valence electrons. The highest BCUT2D eigenvalue weighted by molar-refractivity contribution is 5.89. The first kappa shape index (κ1) is 15.6. The molecule has 0 aromatic heterocycles. The quantitative estimate of drug-likeness (QED) is 0.320. The summed E-state index contributed by atoms with van der Waals surface area (Å²) in [5.41, 5.74) is 0. The minimum Gasteiger partial charge on any atom is -0.505 e. The number of esters is 1. The van der Waals surface area contributed by atoms with E-state index in [1.165, 1.54) is 12.1 Å². The maximum atomic E-state index is 10.5. The first-order chi connectivity index (χ1) is 9.38. The van der Waals surface area contributed by atoms with Crippen LogP contribution < -0.4 is 0 Å². The molecule has 1 aliphatic heterocycles. The highest BCUT2D eigenvalue weighted by Gasteiger charge is 2.38. The lowest BCUT2D eigenvalue weighted by Gasteiger charge is -2.13. The normalized spacial score (nSPS) is 19.1. The Balaban J connectivity index is 0.000000217. The summed E-state index contributed by atoms with van der Waals surface area (Å²) in [6.45, 7) is -0.671. The minimum atomic E-state index is -1.42. The average molecular weight is 286 g/mol. The van der Waals surface area contributed by atoms with Gasteiger partial charge >= 0.3 is 5.97 Å². The van der Waals surface area contributed by atoms with Gasteiger partial charge in [-0.25, -0.2) is 4.79 Å². The number of phenolic OH excluding ortho intramolecular Hbond substituents is 2. The molecular formula is C12H14O8. The Hall–Kier alpha value is -2.45. The van der Waals surface area contributed by atoms with Crippen molar-refractivity contribution in [2.45, 2.75) is 12.2 Å². The number of aliphatic hydroxyl groups is 4. The van der Waals surface area contributed by atoms with E-state index in [0.717, 1.165) is 0 Å². The number of phenols is 2. The van der Waals surface area contributed by atoms with Crippen LogP contribution in [0.2, 0.25) is 0 Å². The Bertz CT molecular complexity index is 489. The van der Waals surface area contributed by atoms with Crippen LogP contribution in [-0.2, 0) is 9.53 Å². The van der Waals surface area contributed by atoms with Gasteiger partial charge in [0.15, 0.2) is 23.4 Å². The van der Waals surface area contributed by atoms with Crippen LogP contribution in [0, 0.1) is 0 Å². The van der Waals surface area contributed by atoms with Crippen LogP contribution in [0.25, 0.3) is 0 Å². The molecule has 2 atom stereocenters. The molecule has 0 bridgehead atoms. The van der Waals surface area contributed by atoms with Crippen LogP contribution >= 0.6 is 0 Å². The highest BCUT2D eigenvalue weighted by atomic mass is 16.6. The Labute approximate surface area is 113 Å². The molecule has 0 unspecified atom stereocenters. The van der Waals surface area contributed by atoms with E-state index in [2.05, 4.69) is 4.74 Å². The third kappa shape index (κ3) is 3.53. The number of benzene rings is 1. The number of hydrogen-bond donors (Lipinski definition) is 6. The number of hydrogen-bond acceptors (Lipinski definition) is 8. The fourth-order valence-corrected chi connectivity index (χ4v) is 1.29. The van der Waals surface area contributed by atoms with Crippen LogP contribution in [0.3, 0.4) is 0 Å². The van der Waals surface area contributed by atoms with Gasteiger partial charge in [0.2, 0.25) is 5.76 Å². The third-order valence-corrected chi connectivity index (χ3v) is 2.36. The molecule has 0 saturated heterocycles. The van der Waals surface area contributed by atoms with Crippen molar-refractivity contribution in [3.05, 3.63) is 35.8 Å². The summed E-state index contributed by atoms with van der Waals surface area (Å²) in [7, 11) is 0. The van der Waals surface area contributed by atoms with Crippen molar-refractivity contribution in [1.29, 1.82) is 0 Å². The zero-order valence-corrected chi connectivity index (χ0v) is 10.2. The van der Waals surface area contributed by atoms with Crippen molar-refractivity contribution in [2.75, 3.05) is 6.61 Å². The molecule has 0 saturated carbocycles. The SMILES string of the molecule is O=C1O[C@H]([C@@H](O)CO)C(O)=C1O.Oc1ccccc1O. The lowest BCUT2D eigenvalue weighted by molar-refractivity contribution is -0.147. The molecule has 0 amide bonds. The second-order valence-electron chi connectivity index (χ2n) is 3.80. The Morgan fingerprint density at radius 1 is 1.10 bits per heavy atom. The van der Waals surface area contributed by atoms with Crippen molar-refractivity contribution in [2.24, 2.45) is 0 Å². The molecule has 0 spiro atoms. The molecule has 6 N–H and O–H groups in total. The zero-order valence-electron chi connectivity index (χ0n) is 10.2. The molecule has 1 heterocycles. The number of aromatic hydroxyl groups is 2. The van der Waals surface area contributed by atoms with Gasteiger partial charge in [0.25, 0.3) is 0 Å². The summed E-state index contributed by atoms with van der Waals surface area (Å²) in [5.74, 6) is -2.93. The molecule has 2 rings (SSSR count). The van der Waals surface area contributed by atoms with Crippen LogP contribution in [0.4, 0.5) is 0 Å². The molecule has 8 nitrogen and oxygen atoms in total. The number of cyclic esters (lactones) is 1. The first-order valence-electron chi connectivity index (χ1n) is 5.47. The summed E-state index contributed by atoms with van der Waals surface area (Å²) in [6.07, 6.45) is -2.78. The van der Waals surface area contributed by atoms with Gasteiger partial charge in [0.05, 0.1) is 6.61 Å². The molecule has 0 fully saturated rings. The maximum Gasteiger partial charge on any atom is 0.377 e. The minimum absolute atomic E-state index is 0.0764. The number of aliphatic hydroxyl groups excluding tert-OH is 4. The predicted octanol–water partition coefficient (Wildman–Crippen LogP) is -0.310. The van der Waals surface area contributed by atoms with Gasteiger partial charge in [-0.05, 0) is 12.1 Å². The second kappa shape index (κ2) is 6.64. The molecule has 1 aromatic rings. The molecule has 1 aliphatic rings. The fraction of sp³-hybridized carbons (Fsp3) is 0.250. The Kier molecular flexibility index (Phi) is 5.18. The number of carbonyl (C=O) groups is 1. The van der Waals surface area contributed by atoms with Gasteiger partial charge < -0.3 is 35.4 Å². The largest absolute Gasteiger partial charge is 0.505 e. The summed E-state index contributed by atoms with van der Waals surface area (Å²) >= 11 is 0. The van der Waals surface area contributed by atoms with Crippen molar-refractivity contribution >= 4 is 5.97 Å². The van der Waals surface area contributed by atoms with Crippen LogP contribution in [0.1, 0.15) is 0 Å². The zero-order chi connectivity index (χ0) is 15.3. The van der Waals surface area contributed by atoms with E-state index in [-0.39, 0.29) is 11.5 Å². The van der Waals surface area contributed by atoms with E-state index >= 15 is 0 Å². The molecule has 0 aliphatic carbocycles. The molecule has 1 aromatic carbocycles. The molecule has 8 heteroatoms. The average Bonchev–Trinajstić information content (AvgIpc) is 2.70. The summed E-state index contributed by atoms with van der Waals surface area (Å²) in [6, 6.07) is 6.15. The third-order valence-electron chi connectivity index (χ3n) is 2.36. The Morgan fingerprint density at radius 3 is 1.90 bits per heavy atom. The van der Waals surface area contributed by atoms with Crippen molar-refractivity contribution in [3.8, 4) is 11.5 Å². The highest BCUT2D eigenvalue weighted by Crippen LogP contribution is 2.21. The maximum absolute atomic E-state index is 10.5. The predicted molar refractivity (Wildman–Crippen MR) is 65.0 cm³/mol. The van der Waals surface area contributed by atoms with Gasteiger partial charge in [-0.15, -0.1) is 0 Å². The van der Waals surface area contributed by atoms with Crippen LogP contribution in [-0.4, -0.2) is 55.4 Å². The van der Waals surface area contributed by atoms with Gasteiger partial charge in [-0.2, -0.15) is 0 Å². The molecular weight excluding hydrogens is 272 g/mol. The lowest BCUT2D eigenvalue weighted by atomic mass is 10.2. The van der Waals surface area contributed by atoms with Gasteiger partial charge in [-0.3, -0.25) is 0 Å². The van der Waals surface area contributed by atoms with Crippen LogP contribution in [0.15, 0.2) is 35.8 Å². The van der Waals surface area contributed by atoms with Crippen molar-refractivity contribution in [3.63, 3.8) is 0 Å². The standard InChI is InChI=1S/C6H8O6.C6H6O2/c7-1-2(8)5-3(9)4(10)6(11)12-5;7-5-3-1-2-4-6(5)8/h2,5,7-10H,1H2;1-4,7-8H/t2-,5+;/m0./s1. The summed E-state index contributed by atoms with van der Waals surface area (Å²) < 4.78 is 4.32. The van der Waals surface area contributed by atoms with Crippen molar-refractivity contribution < 1.29 is 40.2 Å². The van der Waals surface area contributed by atoms with Crippen molar-refractivity contribution in [1.82, 2.24) is 0 Å². The molecule has 0 radical (unpaired) electrons. The Morgan fingerprint density at radius 2 is 1.60 bits per heavy atom. The van der Waals surface area contributed by atoms with E-state index in [1.54, 1.807) is 12.1 Å². The first-order valence-corrected chi connectivity index (χ1v) is 5.47.